The minimum Gasteiger partial charge on any atom is -0.378 e. The van der Waals surface area contributed by atoms with Gasteiger partial charge in [-0.25, -0.2) is 19.3 Å². The zero-order valence-electron chi connectivity index (χ0n) is 21.5. The van der Waals surface area contributed by atoms with Gasteiger partial charge in [0.25, 0.3) is 0 Å². The van der Waals surface area contributed by atoms with Crippen molar-refractivity contribution in [3.05, 3.63) is 71.4 Å². The van der Waals surface area contributed by atoms with Gasteiger partial charge in [-0.1, -0.05) is 24.3 Å². The number of anilines is 1. The summed E-state index contributed by atoms with van der Waals surface area (Å²) in [5, 5.41) is 0.770. The number of H-pyrrole nitrogens is 1. The molecule has 0 aliphatic carbocycles. The van der Waals surface area contributed by atoms with Gasteiger partial charge in [-0.2, -0.15) is 0 Å². The summed E-state index contributed by atoms with van der Waals surface area (Å²) in [5.41, 5.74) is 5.60. The molecule has 8 nitrogen and oxygen atoms in total. The van der Waals surface area contributed by atoms with Crippen LogP contribution in [0.1, 0.15) is 23.9 Å². The Labute approximate surface area is 220 Å². The maximum absolute atomic E-state index is 15.3. The highest BCUT2D eigenvalue weighted by molar-refractivity contribution is 5.95. The number of hydrogen-bond acceptors (Lipinski definition) is 6. The Morgan fingerprint density at radius 2 is 1.82 bits per heavy atom. The average Bonchev–Trinajstić information content (AvgIpc) is 3.57. The van der Waals surface area contributed by atoms with E-state index >= 15 is 4.39 Å². The predicted molar refractivity (Wildman–Crippen MR) is 146 cm³/mol. The summed E-state index contributed by atoms with van der Waals surface area (Å²) < 4.78 is 23.1. The molecule has 5 aromatic rings. The number of nitrogens with one attached hydrogen (secondary N) is 1. The minimum atomic E-state index is -0.334. The number of fused-ring (bicyclic) bond motifs is 3. The van der Waals surface area contributed by atoms with Crippen LogP contribution in [0.25, 0.3) is 33.5 Å². The number of aromatic amines is 1. The van der Waals surface area contributed by atoms with Gasteiger partial charge in [0.15, 0.2) is 22.8 Å². The monoisotopic (exact) mass is 511 g/mol. The van der Waals surface area contributed by atoms with Crippen LogP contribution >= 0.6 is 0 Å². The lowest BCUT2D eigenvalue weighted by Gasteiger charge is -2.28. The molecule has 2 aliphatic heterocycles. The van der Waals surface area contributed by atoms with Gasteiger partial charge in [0, 0.05) is 49.8 Å². The molecular weight excluding hydrogens is 481 g/mol. The normalized spacial score (nSPS) is 16.4. The van der Waals surface area contributed by atoms with Crippen LogP contribution < -0.4 is 4.90 Å². The first-order valence-electron chi connectivity index (χ1n) is 13.3. The highest BCUT2D eigenvalue weighted by atomic mass is 19.1. The number of aromatic nitrogens is 5. The van der Waals surface area contributed by atoms with Crippen LogP contribution in [0.2, 0.25) is 0 Å². The molecule has 2 aliphatic rings. The second-order valence-electron chi connectivity index (χ2n) is 10.0. The second kappa shape index (κ2) is 9.49. The van der Waals surface area contributed by atoms with Crippen molar-refractivity contribution in [1.29, 1.82) is 0 Å². The molecule has 0 amide bonds. The average molecular weight is 512 g/mol. The Kier molecular flexibility index (Phi) is 5.82. The van der Waals surface area contributed by atoms with Gasteiger partial charge in [-0.15, -0.1) is 0 Å². The summed E-state index contributed by atoms with van der Waals surface area (Å²) in [4.78, 5) is 22.9. The number of morpholine rings is 1. The Morgan fingerprint density at radius 3 is 2.66 bits per heavy atom. The number of halogens is 1. The number of aryl methyl sites for hydroxylation is 1. The first-order chi connectivity index (χ1) is 18.7. The number of ether oxygens (including phenoxy) is 1. The van der Waals surface area contributed by atoms with Gasteiger partial charge in [0.1, 0.15) is 11.6 Å². The fraction of sp³-hybridized carbons (Fsp3) is 0.345. The zero-order valence-corrected chi connectivity index (χ0v) is 21.5. The Morgan fingerprint density at radius 1 is 0.974 bits per heavy atom. The minimum absolute atomic E-state index is 0.334. The van der Waals surface area contributed by atoms with Crippen molar-refractivity contribution in [2.45, 2.75) is 33.0 Å². The van der Waals surface area contributed by atoms with Crippen molar-refractivity contribution in [2.24, 2.45) is 0 Å². The van der Waals surface area contributed by atoms with E-state index in [0.29, 0.717) is 44.2 Å². The SMILES string of the molecule is CCn1c(CN2CCc3ccccc3C2)nc2c(N3CCOCC3)nc(-c3c(F)ccc4[nH]ccc34)nc21. The fourth-order valence-electron chi connectivity index (χ4n) is 5.81. The van der Waals surface area contributed by atoms with E-state index in [2.05, 4.69) is 50.5 Å². The van der Waals surface area contributed by atoms with Crippen LogP contribution in [0.4, 0.5) is 10.2 Å². The molecule has 1 saturated heterocycles. The van der Waals surface area contributed by atoms with Crippen molar-refractivity contribution in [2.75, 3.05) is 37.7 Å². The molecule has 38 heavy (non-hydrogen) atoms. The molecule has 194 valence electrons. The Bertz CT molecular complexity index is 1640. The Balaban J connectivity index is 1.36. The summed E-state index contributed by atoms with van der Waals surface area (Å²) >= 11 is 0. The highest BCUT2D eigenvalue weighted by Gasteiger charge is 2.26. The van der Waals surface area contributed by atoms with Crippen LogP contribution in [0.5, 0.6) is 0 Å². The molecule has 0 radical (unpaired) electrons. The van der Waals surface area contributed by atoms with E-state index in [-0.39, 0.29) is 5.82 Å². The molecular formula is C29H30FN7O. The fourth-order valence-corrected chi connectivity index (χ4v) is 5.81. The maximum Gasteiger partial charge on any atom is 0.167 e. The van der Waals surface area contributed by atoms with Crippen LogP contribution in [0.15, 0.2) is 48.7 Å². The predicted octanol–water partition coefficient (Wildman–Crippen LogP) is 4.53. The van der Waals surface area contributed by atoms with E-state index in [9.17, 15) is 0 Å². The third-order valence-corrected chi connectivity index (χ3v) is 7.76. The first-order valence-corrected chi connectivity index (χ1v) is 13.3. The highest BCUT2D eigenvalue weighted by Crippen LogP contribution is 2.34. The first kappa shape index (κ1) is 23.3. The van der Waals surface area contributed by atoms with Gasteiger partial charge < -0.3 is 19.2 Å². The van der Waals surface area contributed by atoms with Crippen LogP contribution in [0.3, 0.4) is 0 Å². The van der Waals surface area contributed by atoms with Gasteiger partial charge in [-0.05, 0) is 42.7 Å². The van der Waals surface area contributed by atoms with Crippen LogP contribution in [-0.4, -0.2) is 62.3 Å². The van der Waals surface area contributed by atoms with E-state index in [1.165, 1.54) is 17.2 Å². The molecule has 0 bridgehead atoms. The topological polar surface area (TPSA) is 75.1 Å². The van der Waals surface area contributed by atoms with Gasteiger partial charge >= 0.3 is 0 Å². The third-order valence-electron chi connectivity index (χ3n) is 7.76. The van der Waals surface area contributed by atoms with Gasteiger partial charge in [0.2, 0.25) is 0 Å². The molecule has 2 aromatic carbocycles. The summed E-state index contributed by atoms with van der Waals surface area (Å²) in [6.45, 7) is 8.09. The molecule has 0 atom stereocenters. The molecule has 1 fully saturated rings. The van der Waals surface area contributed by atoms with E-state index in [1.54, 1.807) is 6.07 Å². The molecule has 0 unspecified atom stereocenters. The largest absolute Gasteiger partial charge is 0.378 e. The maximum atomic E-state index is 15.3. The van der Waals surface area contributed by atoms with Crippen LogP contribution in [-0.2, 0) is 30.8 Å². The summed E-state index contributed by atoms with van der Waals surface area (Å²) in [6, 6.07) is 13.8. The lowest BCUT2D eigenvalue weighted by Crippen LogP contribution is -2.37. The van der Waals surface area contributed by atoms with Crippen molar-refractivity contribution >= 4 is 27.9 Å². The van der Waals surface area contributed by atoms with Crippen molar-refractivity contribution < 1.29 is 9.13 Å². The molecule has 1 N–H and O–H groups in total. The molecule has 9 heteroatoms. The summed E-state index contributed by atoms with van der Waals surface area (Å²) in [5.74, 6) is 1.76. The lowest BCUT2D eigenvalue weighted by molar-refractivity contribution is 0.122. The van der Waals surface area contributed by atoms with E-state index in [0.717, 1.165) is 59.8 Å². The van der Waals surface area contributed by atoms with E-state index < -0.39 is 0 Å². The summed E-state index contributed by atoms with van der Waals surface area (Å²) in [6.07, 6.45) is 2.85. The van der Waals surface area contributed by atoms with Gasteiger partial charge in [0.05, 0.1) is 25.3 Å². The molecule has 7 rings (SSSR count). The van der Waals surface area contributed by atoms with Crippen molar-refractivity contribution in [3.8, 4) is 11.4 Å². The summed E-state index contributed by atoms with van der Waals surface area (Å²) in [7, 11) is 0. The van der Waals surface area contributed by atoms with Crippen molar-refractivity contribution in [1.82, 2.24) is 29.4 Å². The number of nitrogens with zero attached hydrogens (tertiary/aromatic N) is 6. The zero-order chi connectivity index (χ0) is 25.6. The quantitative estimate of drug-likeness (QED) is 0.374. The number of hydrogen-bond donors (Lipinski definition) is 1. The van der Waals surface area contributed by atoms with Gasteiger partial charge in [-0.3, -0.25) is 4.90 Å². The Hall–Kier alpha value is -3.82. The lowest BCUT2D eigenvalue weighted by atomic mass is 10.00. The smallest absolute Gasteiger partial charge is 0.167 e. The third kappa shape index (κ3) is 3.93. The number of benzene rings is 2. The molecule has 0 saturated carbocycles. The standard InChI is InChI=1S/C29H30FN7O/c1-2-37-24(18-35-12-10-19-5-3-4-6-20(19)17-35)32-26-28(36-13-15-38-16-14-36)33-27(34-29(26)37)25-21-9-11-31-23(21)8-7-22(25)30/h3-9,11,31H,2,10,12-18H2,1H3. The second-order valence-corrected chi connectivity index (χ2v) is 10.0. The number of rotatable bonds is 5. The van der Waals surface area contributed by atoms with E-state index in [1.807, 2.05) is 12.3 Å². The van der Waals surface area contributed by atoms with E-state index in [4.69, 9.17) is 19.7 Å². The van der Waals surface area contributed by atoms with Crippen molar-refractivity contribution in [3.63, 3.8) is 0 Å². The molecule has 0 spiro atoms. The molecule has 3 aromatic heterocycles. The van der Waals surface area contributed by atoms with Crippen LogP contribution in [0, 0.1) is 5.82 Å². The number of imidazole rings is 1. The molecule has 5 heterocycles.